The van der Waals surface area contributed by atoms with Crippen LogP contribution in [0, 0.1) is 6.92 Å². The molecule has 2 aromatic rings. The van der Waals surface area contributed by atoms with Crippen LogP contribution in [0.1, 0.15) is 46.8 Å². The lowest BCUT2D eigenvalue weighted by molar-refractivity contribution is 0.191. The second-order valence-corrected chi connectivity index (χ2v) is 9.34. The van der Waals surface area contributed by atoms with Crippen molar-refractivity contribution in [3.8, 4) is 0 Å². The zero-order chi connectivity index (χ0) is 20.5. The predicted molar refractivity (Wildman–Crippen MR) is 123 cm³/mol. The highest BCUT2D eigenvalue weighted by atomic mass is 15.2. The lowest BCUT2D eigenvalue weighted by Crippen LogP contribution is -2.47. The molecule has 3 aliphatic rings. The molecule has 2 unspecified atom stereocenters. The van der Waals surface area contributed by atoms with Crippen molar-refractivity contribution in [1.82, 2.24) is 20.5 Å². The van der Waals surface area contributed by atoms with E-state index >= 15 is 0 Å². The van der Waals surface area contributed by atoms with E-state index in [9.17, 15) is 0 Å². The SMILES string of the molecule is Cc1cnc2c(c1)CCCC2N(C)CC1Cc2c(cccc2N2CCNCC2)CN1. The van der Waals surface area contributed by atoms with Crippen LogP contribution < -0.4 is 15.5 Å². The van der Waals surface area contributed by atoms with E-state index in [2.05, 4.69) is 58.7 Å². The van der Waals surface area contributed by atoms with Gasteiger partial charge < -0.3 is 15.5 Å². The van der Waals surface area contributed by atoms with Crippen molar-refractivity contribution in [1.29, 1.82) is 0 Å². The predicted octanol–water partition coefficient (Wildman–Crippen LogP) is 2.82. The Hall–Kier alpha value is -1.95. The largest absolute Gasteiger partial charge is 0.369 e. The van der Waals surface area contributed by atoms with Crippen LogP contribution in [0.4, 0.5) is 5.69 Å². The fraction of sp³-hybridized carbons (Fsp3) is 0.560. The summed E-state index contributed by atoms with van der Waals surface area (Å²) in [7, 11) is 2.29. The standard InChI is InChI=1S/C25H35N5/c1-18-13-19-5-3-8-24(25(19)28-15-18)29(2)17-21-14-22-20(16-27-21)6-4-7-23(22)30-11-9-26-10-12-30/h4,6-7,13,15,21,24,26-27H,3,5,8-12,14,16-17H2,1-2H3. The number of aromatic nitrogens is 1. The van der Waals surface area contributed by atoms with Gasteiger partial charge in [0.1, 0.15) is 0 Å². The quantitative estimate of drug-likeness (QED) is 0.819. The van der Waals surface area contributed by atoms with Crippen LogP contribution in [0.2, 0.25) is 0 Å². The fourth-order valence-electron chi connectivity index (χ4n) is 5.59. The first-order valence-electron chi connectivity index (χ1n) is 11.6. The molecular weight excluding hydrogens is 370 g/mol. The van der Waals surface area contributed by atoms with Crippen molar-refractivity contribution in [2.24, 2.45) is 0 Å². The summed E-state index contributed by atoms with van der Waals surface area (Å²) in [5, 5.41) is 7.30. The van der Waals surface area contributed by atoms with Gasteiger partial charge in [0.2, 0.25) is 0 Å². The zero-order valence-electron chi connectivity index (χ0n) is 18.5. The summed E-state index contributed by atoms with van der Waals surface area (Å²) in [5.74, 6) is 0. The van der Waals surface area contributed by atoms with Crippen LogP contribution in [0.3, 0.4) is 0 Å². The summed E-state index contributed by atoms with van der Waals surface area (Å²) < 4.78 is 0. The summed E-state index contributed by atoms with van der Waals surface area (Å²) in [6.07, 6.45) is 6.81. The van der Waals surface area contributed by atoms with Crippen molar-refractivity contribution >= 4 is 5.69 Å². The molecular formula is C25H35N5. The second kappa shape index (κ2) is 8.66. The lowest BCUT2D eigenvalue weighted by atomic mass is 9.89. The van der Waals surface area contributed by atoms with Gasteiger partial charge in [-0.15, -0.1) is 0 Å². The summed E-state index contributed by atoms with van der Waals surface area (Å²) >= 11 is 0. The Kier molecular flexibility index (Phi) is 5.77. The molecule has 30 heavy (non-hydrogen) atoms. The zero-order valence-corrected chi connectivity index (χ0v) is 18.5. The number of rotatable bonds is 4. The molecule has 1 aliphatic carbocycles. The summed E-state index contributed by atoms with van der Waals surface area (Å²) in [4.78, 5) is 9.98. The Morgan fingerprint density at radius 1 is 1.20 bits per heavy atom. The van der Waals surface area contributed by atoms with Gasteiger partial charge >= 0.3 is 0 Å². The summed E-state index contributed by atoms with van der Waals surface area (Å²) in [5.41, 5.74) is 8.55. The molecule has 2 aliphatic heterocycles. The number of hydrogen-bond donors (Lipinski definition) is 2. The summed E-state index contributed by atoms with van der Waals surface area (Å²) in [6.45, 7) is 8.58. The molecule has 0 radical (unpaired) electrons. The van der Waals surface area contributed by atoms with E-state index in [0.29, 0.717) is 12.1 Å². The normalized spacial score (nSPS) is 23.9. The molecule has 2 atom stereocenters. The number of piperazine rings is 1. The number of nitrogens with one attached hydrogen (secondary N) is 2. The van der Waals surface area contributed by atoms with Gasteiger partial charge in [0.25, 0.3) is 0 Å². The first-order chi connectivity index (χ1) is 14.7. The van der Waals surface area contributed by atoms with E-state index in [1.54, 1.807) is 5.56 Å². The van der Waals surface area contributed by atoms with Gasteiger partial charge in [0.15, 0.2) is 0 Å². The highest BCUT2D eigenvalue weighted by molar-refractivity contribution is 5.58. The van der Waals surface area contributed by atoms with Crippen LogP contribution in [-0.4, -0.2) is 55.7 Å². The summed E-state index contributed by atoms with van der Waals surface area (Å²) in [6, 6.07) is 10.1. The second-order valence-electron chi connectivity index (χ2n) is 9.34. The van der Waals surface area contributed by atoms with Crippen LogP contribution in [0.5, 0.6) is 0 Å². The van der Waals surface area contributed by atoms with Gasteiger partial charge in [-0.1, -0.05) is 18.2 Å². The Morgan fingerprint density at radius 2 is 2.07 bits per heavy atom. The Morgan fingerprint density at radius 3 is 2.93 bits per heavy atom. The van der Waals surface area contributed by atoms with Gasteiger partial charge in [-0.05, 0) is 68.0 Å². The van der Waals surface area contributed by atoms with Gasteiger partial charge in [-0.2, -0.15) is 0 Å². The maximum absolute atomic E-state index is 4.85. The molecule has 0 spiro atoms. The molecule has 1 fully saturated rings. The van der Waals surface area contributed by atoms with E-state index in [4.69, 9.17) is 4.98 Å². The molecule has 1 aromatic carbocycles. The Bertz CT molecular complexity index is 889. The third-order valence-electron chi connectivity index (χ3n) is 7.16. The van der Waals surface area contributed by atoms with Crippen molar-refractivity contribution in [3.05, 3.63) is 58.4 Å². The van der Waals surface area contributed by atoms with Gasteiger partial charge in [-0.25, -0.2) is 0 Å². The number of hydrogen-bond acceptors (Lipinski definition) is 5. The van der Waals surface area contributed by atoms with Gasteiger partial charge in [-0.3, -0.25) is 9.88 Å². The molecule has 2 N–H and O–H groups in total. The first kappa shape index (κ1) is 20.0. The fourth-order valence-corrected chi connectivity index (χ4v) is 5.59. The average molecular weight is 406 g/mol. The Labute approximate surface area is 180 Å². The van der Waals surface area contributed by atoms with E-state index < -0.39 is 0 Å². The third kappa shape index (κ3) is 3.98. The number of fused-ring (bicyclic) bond motifs is 2. The molecule has 5 rings (SSSR count). The van der Waals surface area contributed by atoms with Crippen LogP contribution in [-0.2, 0) is 19.4 Å². The number of benzene rings is 1. The first-order valence-corrected chi connectivity index (χ1v) is 11.6. The number of likely N-dealkylation sites (N-methyl/N-ethyl adjacent to an activating group) is 1. The van der Waals surface area contributed by atoms with E-state index in [-0.39, 0.29) is 0 Å². The molecule has 0 bridgehead atoms. The third-order valence-corrected chi connectivity index (χ3v) is 7.16. The maximum Gasteiger partial charge on any atom is 0.0607 e. The minimum Gasteiger partial charge on any atom is -0.369 e. The molecule has 5 heteroatoms. The topological polar surface area (TPSA) is 43.4 Å². The minimum absolute atomic E-state index is 0.445. The van der Waals surface area contributed by atoms with Crippen molar-refractivity contribution in [3.63, 3.8) is 0 Å². The maximum atomic E-state index is 4.85. The van der Waals surface area contributed by atoms with E-state index in [1.165, 1.54) is 47.3 Å². The molecule has 0 amide bonds. The number of anilines is 1. The number of aryl methyl sites for hydroxylation is 2. The molecule has 160 valence electrons. The molecule has 5 nitrogen and oxygen atoms in total. The molecule has 0 saturated carbocycles. The minimum atomic E-state index is 0.445. The van der Waals surface area contributed by atoms with Gasteiger partial charge in [0.05, 0.1) is 11.7 Å². The van der Waals surface area contributed by atoms with E-state index in [1.807, 2.05) is 6.20 Å². The van der Waals surface area contributed by atoms with Crippen LogP contribution >= 0.6 is 0 Å². The van der Waals surface area contributed by atoms with Crippen molar-refractivity contribution in [2.45, 2.75) is 51.2 Å². The van der Waals surface area contributed by atoms with E-state index in [0.717, 1.165) is 45.7 Å². The monoisotopic (exact) mass is 405 g/mol. The highest BCUT2D eigenvalue weighted by Gasteiger charge is 2.29. The van der Waals surface area contributed by atoms with Crippen LogP contribution in [0.15, 0.2) is 30.5 Å². The highest BCUT2D eigenvalue weighted by Crippen LogP contribution is 2.34. The van der Waals surface area contributed by atoms with Crippen LogP contribution in [0.25, 0.3) is 0 Å². The lowest BCUT2D eigenvalue weighted by Gasteiger charge is -2.38. The average Bonchev–Trinajstić information content (AvgIpc) is 2.78. The Balaban J connectivity index is 1.31. The molecule has 1 aromatic heterocycles. The molecule has 1 saturated heterocycles. The number of pyridine rings is 1. The van der Waals surface area contributed by atoms with Crippen molar-refractivity contribution in [2.75, 3.05) is 44.7 Å². The smallest absolute Gasteiger partial charge is 0.0607 e. The number of nitrogens with zero attached hydrogens (tertiary/aromatic N) is 3. The van der Waals surface area contributed by atoms with Crippen molar-refractivity contribution < 1.29 is 0 Å². The molecule has 3 heterocycles. The van der Waals surface area contributed by atoms with Gasteiger partial charge in [0, 0.05) is 57.2 Å².